The summed E-state index contributed by atoms with van der Waals surface area (Å²) in [4.78, 5) is 11.8. The first-order chi connectivity index (χ1) is 13.5. The summed E-state index contributed by atoms with van der Waals surface area (Å²) in [7, 11) is 3.24. The van der Waals surface area contributed by atoms with Gasteiger partial charge in [0.25, 0.3) is 0 Å². The molecule has 4 rings (SSSR count). The number of aryl methyl sites for hydroxylation is 1. The highest BCUT2D eigenvalue weighted by atomic mass is 79.9. The second kappa shape index (κ2) is 7.17. The van der Waals surface area contributed by atoms with Crippen molar-refractivity contribution in [2.24, 2.45) is 5.92 Å². The summed E-state index contributed by atoms with van der Waals surface area (Å²) in [6.45, 7) is 2.01. The number of ether oxygens (including phenoxy) is 2. The number of nitrogens with one attached hydrogen (secondary N) is 1. The van der Waals surface area contributed by atoms with Crippen LogP contribution in [0, 0.1) is 12.8 Å². The van der Waals surface area contributed by atoms with E-state index in [0.29, 0.717) is 17.1 Å². The van der Waals surface area contributed by atoms with Crippen LogP contribution in [0.2, 0.25) is 0 Å². The molecule has 2 aromatic carbocycles. The van der Waals surface area contributed by atoms with E-state index >= 15 is 0 Å². The molecule has 5 nitrogen and oxygen atoms in total. The number of halogens is 1. The number of rotatable bonds is 4. The lowest BCUT2D eigenvalue weighted by atomic mass is 9.74. The summed E-state index contributed by atoms with van der Waals surface area (Å²) in [5.74, 6) is 0.742. The van der Waals surface area contributed by atoms with Crippen LogP contribution in [-0.4, -0.2) is 25.3 Å². The first-order valence-electron chi connectivity index (χ1n) is 9.17. The van der Waals surface area contributed by atoms with Gasteiger partial charge in [0.2, 0.25) is 0 Å². The monoisotopic (exact) mass is 443 g/mol. The van der Waals surface area contributed by atoms with Gasteiger partial charge < -0.3 is 19.9 Å². The lowest BCUT2D eigenvalue weighted by molar-refractivity contribution is 0.0695. The maximum absolute atomic E-state index is 11.8. The van der Waals surface area contributed by atoms with Gasteiger partial charge >= 0.3 is 5.97 Å². The minimum Gasteiger partial charge on any atom is -0.493 e. The Labute approximate surface area is 172 Å². The standard InChI is InChI=1S/C22H22BrNO4/c1-11-7-8-15(22(25)26)18-13-5-4-6-14(13)20(24-19(11)18)12-9-16(23)21(28-3)17(10-12)27-2/h4-5,7-10,13-14,20,24H,6H2,1-3H3,(H,25,26)/t13-,14+,20+/m1/s1. The zero-order valence-electron chi connectivity index (χ0n) is 16.0. The number of allylic oxidation sites excluding steroid dienone is 2. The lowest BCUT2D eigenvalue weighted by Crippen LogP contribution is -2.31. The van der Waals surface area contributed by atoms with E-state index in [4.69, 9.17) is 9.47 Å². The zero-order chi connectivity index (χ0) is 20.0. The molecule has 0 saturated carbocycles. The van der Waals surface area contributed by atoms with E-state index in [0.717, 1.165) is 33.3 Å². The van der Waals surface area contributed by atoms with Gasteiger partial charge in [-0.2, -0.15) is 0 Å². The van der Waals surface area contributed by atoms with Crippen molar-refractivity contribution < 1.29 is 19.4 Å². The fourth-order valence-corrected chi connectivity index (χ4v) is 5.11. The van der Waals surface area contributed by atoms with Gasteiger partial charge in [0.05, 0.1) is 30.3 Å². The van der Waals surface area contributed by atoms with Gasteiger partial charge in [-0.05, 0) is 70.1 Å². The van der Waals surface area contributed by atoms with E-state index in [9.17, 15) is 9.90 Å². The molecule has 1 heterocycles. The Morgan fingerprint density at radius 2 is 2.04 bits per heavy atom. The zero-order valence-corrected chi connectivity index (χ0v) is 17.5. The van der Waals surface area contributed by atoms with E-state index < -0.39 is 5.97 Å². The first kappa shape index (κ1) is 18.9. The van der Waals surface area contributed by atoms with Crippen LogP contribution in [0.1, 0.15) is 45.4 Å². The molecule has 0 saturated heterocycles. The van der Waals surface area contributed by atoms with E-state index in [1.165, 1.54) is 0 Å². The van der Waals surface area contributed by atoms with Crippen LogP contribution < -0.4 is 14.8 Å². The van der Waals surface area contributed by atoms with E-state index in [1.807, 2.05) is 19.1 Å². The number of aromatic carboxylic acids is 1. The van der Waals surface area contributed by atoms with Crippen molar-refractivity contribution in [2.45, 2.75) is 25.3 Å². The number of carboxylic acids is 1. The minimum absolute atomic E-state index is 0.0337. The topological polar surface area (TPSA) is 67.8 Å². The maximum atomic E-state index is 11.8. The lowest BCUT2D eigenvalue weighted by Gasteiger charge is -2.39. The summed E-state index contributed by atoms with van der Waals surface area (Å²) in [5, 5.41) is 13.4. The molecule has 0 amide bonds. The number of fused-ring (bicyclic) bond motifs is 3. The molecule has 3 atom stereocenters. The van der Waals surface area contributed by atoms with Gasteiger partial charge in [-0.25, -0.2) is 4.79 Å². The second-order valence-electron chi connectivity index (χ2n) is 7.24. The van der Waals surface area contributed by atoms with Crippen molar-refractivity contribution in [2.75, 3.05) is 19.5 Å². The van der Waals surface area contributed by atoms with Crippen LogP contribution >= 0.6 is 15.9 Å². The number of methoxy groups -OCH3 is 2. The Morgan fingerprint density at radius 1 is 1.25 bits per heavy atom. The number of carbonyl (C=O) groups is 1. The fraction of sp³-hybridized carbons (Fsp3) is 0.318. The molecule has 6 heteroatoms. The van der Waals surface area contributed by atoms with Crippen LogP contribution in [0.25, 0.3) is 0 Å². The van der Waals surface area contributed by atoms with Crippen molar-refractivity contribution in [1.29, 1.82) is 0 Å². The first-order valence-corrected chi connectivity index (χ1v) is 9.97. The highest BCUT2D eigenvalue weighted by Gasteiger charge is 2.41. The number of anilines is 1. The third-order valence-electron chi connectivity index (χ3n) is 5.77. The third-order valence-corrected chi connectivity index (χ3v) is 6.36. The fourth-order valence-electron chi connectivity index (χ4n) is 4.49. The summed E-state index contributed by atoms with van der Waals surface area (Å²) < 4.78 is 11.8. The quantitative estimate of drug-likeness (QED) is 0.627. The maximum Gasteiger partial charge on any atom is 0.336 e. The van der Waals surface area contributed by atoms with Crippen LogP contribution in [0.15, 0.2) is 40.9 Å². The molecule has 2 aromatic rings. The van der Waals surface area contributed by atoms with Crippen LogP contribution in [-0.2, 0) is 0 Å². The molecule has 2 N–H and O–H groups in total. The highest BCUT2D eigenvalue weighted by Crippen LogP contribution is 2.53. The number of benzene rings is 2. The molecular formula is C22H22BrNO4. The Kier molecular flexibility index (Phi) is 4.83. The largest absolute Gasteiger partial charge is 0.493 e. The number of carboxylic acid groups (broad SMARTS) is 1. The highest BCUT2D eigenvalue weighted by molar-refractivity contribution is 9.10. The van der Waals surface area contributed by atoms with Gasteiger partial charge in [0.15, 0.2) is 11.5 Å². The molecule has 0 unspecified atom stereocenters. The van der Waals surface area contributed by atoms with Crippen molar-refractivity contribution in [3.63, 3.8) is 0 Å². The summed E-state index contributed by atoms with van der Waals surface area (Å²) in [6, 6.07) is 7.67. The van der Waals surface area contributed by atoms with Crippen molar-refractivity contribution in [3.05, 3.63) is 63.1 Å². The molecule has 1 aliphatic heterocycles. The predicted molar refractivity (Wildman–Crippen MR) is 112 cm³/mol. The van der Waals surface area contributed by atoms with Crippen LogP contribution in [0.5, 0.6) is 11.5 Å². The van der Waals surface area contributed by atoms with Gasteiger partial charge in [0, 0.05) is 11.6 Å². The van der Waals surface area contributed by atoms with E-state index in [-0.39, 0.29) is 17.9 Å². The average molecular weight is 444 g/mol. The molecule has 2 aliphatic rings. The number of hydrogen-bond acceptors (Lipinski definition) is 4. The SMILES string of the molecule is COc1cc([C@@H]2Nc3c(C)ccc(C(=O)O)c3[C@@H]3C=CC[C@@H]32)cc(Br)c1OC. The average Bonchev–Trinajstić information content (AvgIpc) is 3.16. The van der Waals surface area contributed by atoms with Crippen LogP contribution in [0.3, 0.4) is 0 Å². The molecule has 0 fully saturated rings. The smallest absolute Gasteiger partial charge is 0.336 e. The summed E-state index contributed by atoms with van der Waals surface area (Å²) in [5.41, 5.74) is 4.31. The van der Waals surface area contributed by atoms with Gasteiger partial charge in [-0.15, -0.1) is 0 Å². The molecule has 1 aliphatic carbocycles. The molecule has 0 radical (unpaired) electrons. The Morgan fingerprint density at radius 3 is 2.71 bits per heavy atom. The molecule has 28 heavy (non-hydrogen) atoms. The summed E-state index contributed by atoms with van der Waals surface area (Å²) >= 11 is 3.59. The summed E-state index contributed by atoms with van der Waals surface area (Å²) in [6.07, 6.45) is 5.20. The van der Waals surface area contributed by atoms with Crippen molar-refractivity contribution in [3.8, 4) is 11.5 Å². The van der Waals surface area contributed by atoms with Gasteiger partial charge in [0.1, 0.15) is 0 Å². The van der Waals surface area contributed by atoms with Crippen molar-refractivity contribution >= 4 is 27.6 Å². The van der Waals surface area contributed by atoms with Gasteiger partial charge in [-0.3, -0.25) is 0 Å². The molecular weight excluding hydrogens is 422 g/mol. The van der Waals surface area contributed by atoms with E-state index in [1.54, 1.807) is 20.3 Å². The molecule has 0 aromatic heterocycles. The van der Waals surface area contributed by atoms with Crippen molar-refractivity contribution in [1.82, 2.24) is 0 Å². The third kappa shape index (κ3) is 2.87. The minimum atomic E-state index is -0.885. The van der Waals surface area contributed by atoms with E-state index in [2.05, 4.69) is 39.5 Å². The number of hydrogen-bond donors (Lipinski definition) is 2. The Bertz CT molecular complexity index is 985. The molecule has 0 bridgehead atoms. The predicted octanol–water partition coefficient (Wildman–Crippen LogP) is 5.30. The second-order valence-corrected chi connectivity index (χ2v) is 8.09. The Balaban J connectivity index is 1.86. The van der Waals surface area contributed by atoms with Gasteiger partial charge in [-0.1, -0.05) is 18.2 Å². The molecule has 146 valence electrons. The van der Waals surface area contributed by atoms with Crippen LogP contribution in [0.4, 0.5) is 5.69 Å². The molecule has 0 spiro atoms. The normalized spacial score (nSPS) is 22.2. The Hall–Kier alpha value is -2.47.